The lowest BCUT2D eigenvalue weighted by molar-refractivity contribution is 0.222. The number of benzene rings is 1. The highest BCUT2D eigenvalue weighted by molar-refractivity contribution is 6.33. The van der Waals surface area contributed by atoms with E-state index in [4.69, 9.17) is 17.3 Å². The lowest BCUT2D eigenvalue weighted by Gasteiger charge is -2.32. The summed E-state index contributed by atoms with van der Waals surface area (Å²) in [6.07, 6.45) is 3.43. The van der Waals surface area contributed by atoms with Gasteiger partial charge in [-0.1, -0.05) is 17.7 Å². The van der Waals surface area contributed by atoms with Gasteiger partial charge in [0.15, 0.2) is 0 Å². The van der Waals surface area contributed by atoms with Crippen molar-refractivity contribution >= 4 is 17.3 Å². The highest BCUT2D eigenvalue weighted by Gasteiger charge is 2.19. The minimum absolute atomic E-state index is 0.170. The minimum atomic E-state index is 0.170. The van der Waals surface area contributed by atoms with Gasteiger partial charge in [0.1, 0.15) is 0 Å². The Morgan fingerprint density at radius 2 is 2.05 bits per heavy atom. The SMILES string of the molecule is CC(N)Cc1ccc(N(C)CC2CCN(C)CC2)c(Cl)c1. The number of likely N-dealkylation sites (tertiary alicyclic amines) is 1. The maximum atomic E-state index is 6.46. The number of halogens is 1. The zero-order valence-electron chi connectivity index (χ0n) is 13.5. The van der Waals surface area contributed by atoms with Gasteiger partial charge < -0.3 is 15.5 Å². The van der Waals surface area contributed by atoms with Crippen LogP contribution in [0.4, 0.5) is 5.69 Å². The second-order valence-corrected chi connectivity index (χ2v) is 7.00. The van der Waals surface area contributed by atoms with Crippen molar-refractivity contribution < 1.29 is 0 Å². The third-order valence-corrected chi connectivity index (χ3v) is 4.65. The highest BCUT2D eigenvalue weighted by Crippen LogP contribution is 2.28. The number of nitrogens with two attached hydrogens (primary N) is 1. The van der Waals surface area contributed by atoms with E-state index in [-0.39, 0.29) is 6.04 Å². The van der Waals surface area contributed by atoms with Gasteiger partial charge in [0.05, 0.1) is 10.7 Å². The molecule has 1 heterocycles. The molecule has 1 aromatic rings. The fourth-order valence-corrected chi connectivity index (χ4v) is 3.44. The first-order valence-corrected chi connectivity index (χ1v) is 8.27. The topological polar surface area (TPSA) is 32.5 Å². The molecule has 0 amide bonds. The van der Waals surface area contributed by atoms with Crippen LogP contribution in [-0.2, 0) is 6.42 Å². The monoisotopic (exact) mass is 309 g/mol. The van der Waals surface area contributed by atoms with Gasteiger partial charge in [0.2, 0.25) is 0 Å². The van der Waals surface area contributed by atoms with E-state index in [2.05, 4.69) is 42.1 Å². The molecule has 0 radical (unpaired) electrons. The van der Waals surface area contributed by atoms with Crippen molar-refractivity contribution in [1.29, 1.82) is 0 Å². The molecule has 1 aromatic carbocycles. The molecule has 2 rings (SSSR count). The number of hydrogen-bond donors (Lipinski definition) is 1. The van der Waals surface area contributed by atoms with Gasteiger partial charge in [0, 0.05) is 19.6 Å². The Labute approximate surface area is 134 Å². The lowest BCUT2D eigenvalue weighted by Crippen LogP contribution is -2.35. The third kappa shape index (κ3) is 4.87. The fraction of sp³-hybridized carbons (Fsp3) is 0.647. The smallest absolute Gasteiger partial charge is 0.0642 e. The number of rotatable bonds is 5. The summed E-state index contributed by atoms with van der Waals surface area (Å²) in [6, 6.07) is 6.51. The van der Waals surface area contributed by atoms with E-state index in [0.29, 0.717) is 0 Å². The number of anilines is 1. The van der Waals surface area contributed by atoms with Crippen molar-refractivity contribution in [1.82, 2.24) is 4.90 Å². The molecule has 4 heteroatoms. The second-order valence-electron chi connectivity index (χ2n) is 6.59. The molecular formula is C17H28ClN3. The summed E-state index contributed by atoms with van der Waals surface area (Å²) in [6.45, 7) is 5.52. The quantitative estimate of drug-likeness (QED) is 0.907. The minimum Gasteiger partial charge on any atom is -0.373 e. The molecule has 1 saturated heterocycles. The van der Waals surface area contributed by atoms with Gasteiger partial charge in [-0.3, -0.25) is 0 Å². The lowest BCUT2D eigenvalue weighted by atomic mass is 9.96. The van der Waals surface area contributed by atoms with E-state index < -0.39 is 0 Å². The second kappa shape index (κ2) is 7.48. The summed E-state index contributed by atoms with van der Waals surface area (Å²) in [4.78, 5) is 4.71. The van der Waals surface area contributed by atoms with Crippen LogP contribution in [0.3, 0.4) is 0 Å². The average molecular weight is 310 g/mol. The molecule has 1 atom stereocenters. The van der Waals surface area contributed by atoms with E-state index in [1.165, 1.54) is 31.5 Å². The van der Waals surface area contributed by atoms with E-state index in [0.717, 1.165) is 29.6 Å². The van der Waals surface area contributed by atoms with Crippen LogP contribution < -0.4 is 10.6 Å². The number of piperidine rings is 1. The van der Waals surface area contributed by atoms with Crippen LogP contribution in [0.5, 0.6) is 0 Å². The van der Waals surface area contributed by atoms with Crippen molar-refractivity contribution in [3.8, 4) is 0 Å². The standard InChI is InChI=1S/C17H28ClN3/c1-13(19)10-15-4-5-17(16(18)11-15)21(3)12-14-6-8-20(2)9-7-14/h4-5,11,13-14H,6-10,12,19H2,1-3H3. The van der Waals surface area contributed by atoms with Gasteiger partial charge >= 0.3 is 0 Å². The summed E-state index contributed by atoms with van der Waals surface area (Å²) >= 11 is 6.46. The Kier molecular flexibility index (Phi) is 5.91. The summed E-state index contributed by atoms with van der Waals surface area (Å²) in [5.41, 5.74) is 8.19. The fourth-order valence-electron chi connectivity index (χ4n) is 3.09. The molecule has 0 bridgehead atoms. The first-order chi connectivity index (χ1) is 9.95. The zero-order chi connectivity index (χ0) is 15.4. The van der Waals surface area contributed by atoms with E-state index in [1.807, 2.05) is 6.92 Å². The molecule has 1 fully saturated rings. The molecule has 0 aromatic heterocycles. The summed E-state index contributed by atoms with van der Waals surface area (Å²) < 4.78 is 0. The molecule has 1 unspecified atom stereocenters. The zero-order valence-corrected chi connectivity index (χ0v) is 14.2. The molecule has 1 aliphatic rings. The predicted octanol–water partition coefficient (Wildman–Crippen LogP) is 3.01. The molecule has 0 aliphatic carbocycles. The Morgan fingerprint density at radius 3 is 2.62 bits per heavy atom. The summed E-state index contributed by atoms with van der Waals surface area (Å²) in [5, 5.41) is 0.837. The van der Waals surface area contributed by atoms with Crippen molar-refractivity contribution in [2.45, 2.75) is 32.2 Å². The molecule has 21 heavy (non-hydrogen) atoms. The van der Waals surface area contributed by atoms with Crippen LogP contribution >= 0.6 is 11.6 Å². The van der Waals surface area contributed by atoms with Crippen LogP contribution in [0, 0.1) is 5.92 Å². The van der Waals surface area contributed by atoms with Crippen LogP contribution in [0.2, 0.25) is 5.02 Å². The Balaban J connectivity index is 1.97. The van der Waals surface area contributed by atoms with Crippen molar-refractivity contribution in [2.24, 2.45) is 11.7 Å². The molecule has 0 saturated carbocycles. The maximum Gasteiger partial charge on any atom is 0.0642 e. The predicted molar refractivity (Wildman–Crippen MR) is 92.3 cm³/mol. The Bertz CT molecular complexity index is 453. The van der Waals surface area contributed by atoms with E-state index in [9.17, 15) is 0 Å². The van der Waals surface area contributed by atoms with Crippen LogP contribution in [0.1, 0.15) is 25.3 Å². The van der Waals surface area contributed by atoms with Crippen molar-refractivity contribution in [2.75, 3.05) is 38.6 Å². The van der Waals surface area contributed by atoms with Gasteiger partial charge in [-0.05, 0) is 69.9 Å². The summed E-state index contributed by atoms with van der Waals surface area (Å²) in [7, 11) is 4.35. The van der Waals surface area contributed by atoms with Gasteiger partial charge in [-0.15, -0.1) is 0 Å². The molecule has 1 aliphatic heterocycles. The highest BCUT2D eigenvalue weighted by atomic mass is 35.5. The van der Waals surface area contributed by atoms with Crippen molar-refractivity contribution in [3.63, 3.8) is 0 Å². The normalized spacial score (nSPS) is 18.7. The molecule has 118 valence electrons. The Hall–Kier alpha value is -0.770. The van der Waals surface area contributed by atoms with Crippen LogP contribution in [-0.4, -0.2) is 44.7 Å². The van der Waals surface area contributed by atoms with Crippen molar-refractivity contribution in [3.05, 3.63) is 28.8 Å². The first-order valence-electron chi connectivity index (χ1n) is 7.89. The number of hydrogen-bond acceptors (Lipinski definition) is 3. The van der Waals surface area contributed by atoms with E-state index >= 15 is 0 Å². The third-order valence-electron chi connectivity index (χ3n) is 4.35. The van der Waals surface area contributed by atoms with Crippen LogP contribution in [0.25, 0.3) is 0 Å². The number of nitrogens with zero attached hydrogens (tertiary/aromatic N) is 2. The first kappa shape index (κ1) is 16.6. The largest absolute Gasteiger partial charge is 0.373 e. The summed E-state index contributed by atoms with van der Waals surface area (Å²) in [5.74, 6) is 0.769. The Morgan fingerprint density at radius 1 is 1.38 bits per heavy atom. The van der Waals surface area contributed by atoms with E-state index in [1.54, 1.807) is 0 Å². The molecule has 2 N–H and O–H groups in total. The maximum absolute atomic E-state index is 6.46. The van der Waals surface area contributed by atoms with Gasteiger partial charge in [0.25, 0.3) is 0 Å². The molecule has 0 spiro atoms. The van der Waals surface area contributed by atoms with Gasteiger partial charge in [-0.2, -0.15) is 0 Å². The van der Waals surface area contributed by atoms with Gasteiger partial charge in [-0.25, -0.2) is 0 Å². The molecule has 3 nitrogen and oxygen atoms in total. The molecular weight excluding hydrogens is 282 g/mol. The van der Waals surface area contributed by atoms with Crippen LogP contribution in [0.15, 0.2) is 18.2 Å². The average Bonchev–Trinajstić information content (AvgIpc) is 2.40.